The minimum Gasteiger partial charge on any atom is -0.326 e. The van der Waals surface area contributed by atoms with Gasteiger partial charge in [-0.25, -0.2) is 0 Å². The number of hydrogen-bond acceptors (Lipinski definition) is 7. The lowest BCUT2D eigenvalue weighted by Crippen LogP contribution is -2.01. The van der Waals surface area contributed by atoms with Crippen molar-refractivity contribution in [2.24, 2.45) is 5.73 Å². The van der Waals surface area contributed by atoms with E-state index in [9.17, 15) is 29.8 Å². The number of ketones is 2. The van der Waals surface area contributed by atoms with E-state index in [0.717, 1.165) is 11.1 Å². The summed E-state index contributed by atoms with van der Waals surface area (Å²) >= 11 is 26.3. The van der Waals surface area contributed by atoms with Gasteiger partial charge in [0.1, 0.15) is 0 Å². The summed E-state index contributed by atoms with van der Waals surface area (Å²) in [5.41, 5.74) is 7.79. The number of nitrogens with zero attached hydrogens (tertiary/aromatic N) is 2. The molecule has 0 heterocycles. The van der Waals surface area contributed by atoms with E-state index in [2.05, 4.69) is 15.9 Å². The average molecular weight is 758 g/mol. The maximum absolute atomic E-state index is 12.1. The van der Waals surface area contributed by atoms with Gasteiger partial charge >= 0.3 is 0 Å². The van der Waals surface area contributed by atoms with E-state index in [1.54, 1.807) is 36.4 Å². The number of carbonyl (C=O) groups is 2. The van der Waals surface area contributed by atoms with Gasteiger partial charge in [0.25, 0.3) is 11.4 Å². The van der Waals surface area contributed by atoms with Crippen molar-refractivity contribution in [3.63, 3.8) is 0 Å². The molecule has 14 heteroatoms. The Morgan fingerprint density at radius 1 is 0.689 bits per heavy atom. The van der Waals surface area contributed by atoms with Crippen molar-refractivity contribution in [1.29, 1.82) is 0 Å². The summed E-state index contributed by atoms with van der Waals surface area (Å²) < 4.78 is 0. The zero-order valence-corrected chi connectivity index (χ0v) is 28.0. The predicted molar refractivity (Wildman–Crippen MR) is 182 cm³/mol. The summed E-state index contributed by atoms with van der Waals surface area (Å²) in [7, 11) is 0. The molecule has 0 unspecified atom stereocenters. The van der Waals surface area contributed by atoms with E-state index in [0.29, 0.717) is 57.0 Å². The molecule has 4 rings (SSSR count). The van der Waals surface area contributed by atoms with Crippen molar-refractivity contribution >= 4 is 85.3 Å². The van der Waals surface area contributed by atoms with Crippen LogP contribution in [0.15, 0.2) is 84.9 Å². The van der Waals surface area contributed by atoms with Crippen molar-refractivity contribution in [3.05, 3.63) is 148 Å². The van der Waals surface area contributed by atoms with E-state index >= 15 is 0 Å². The maximum atomic E-state index is 12.1. The van der Waals surface area contributed by atoms with Crippen LogP contribution in [0.3, 0.4) is 0 Å². The van der Waals surface area contributed by atoms with E-state index in [1.165, 1.54) is 36.4 Å². The Morgan fingerprint density at radius 2 is 1.16 bits per heavy atom. The molecule has 45 heavy (non-hydrogen) atoms. The first-order valence-corrected chi connectivity index (χ1v) is 15.7. The van der Waals surface area contributed by atoms with Crippen LogP contribution in [0.4, 0.5) is 11.4 Å². The molecule has 0 saturated heterocycles. The first-order valence-electron chi connectivity index (χ1n) is 13.1. The lowest BCUT2D eigenvalue weighted by atomic mass is 10.0. The van der Waals surface area contributed by atoms with Gasteiger partial charge in [0.05, 0.1) is 15.2 Å². The largest absolute Gasteiger partial charge is 0.326 e. The Hall–Kier alpha value is -3.38. The number of non-ortho nitro benzene ring substituents is 2. The number of hydrogen-bond donors (Lipinski definition) is 1. The van der Waals surface area contributed by atoms with Gasteiger partial charge in [0.2, 0.25) is 0 Å². The fraction of sp³-hybridized carbons (Fsp3) is 0.161. The molecule has 4 aromatic rings. The highest BCUT2D eigenvalue weighted by molar-refractivity contribution is 9.09. The van der Waals surface area contributed by atoms with Gasteiger partial charge in [-0.15, -0.1) is 0 Å². The van der Waals surface area contributed by atoms with Crippen molar-refractivity contribution in [3.8, 4) is 0 Å². The Kier molecular flexibility index (Phi) is 16.1. The summed E-state index contributed by atoms with van der Waals surface area (Å²) in [6, 6.07) is 22.0. The molecule has 0 atom stereocenters. The second-order valence-corrected chi connectivity index (χ2v) is 11.4. The van der Waals surface area contributed by atoms with Crippen LogP contribution in [0.2, 0.25) is 20.1 Å². The normalized spacial score (nSPS) is 10.1. The molecule has 9 nitrogen and oxygen atoms in total. The van der Waals surface area contributed by atoms with Crippen LogP contribution in [0.5, 0.6) is 0 Å². The third kappa shape index (κ3) is 12.9. The van der Waals surface area contributed by atoms with Gasteiger partial charge in [0, 0.05) is 68.4 Å². The Balaban J connectivity index is 0.000000259. The molecule has 0 aromatic heterocycles. The van der Waals surface area contributed by atoms with Crippen LogP contribution in [0.25, 0.3) is 0 Å². The Bertz CT molecular complexity index is 1670. The molecule has 0 saturated carbocycles. The number of Topliss-reactive ketones (excluding diaryl/α,β-unsaturated/α-hetero) is 2. The fourth-order valence-electron chi connectivity index (χ4n) is 3.66. The Morgan fingerprint density at radius 3 is 1.58 bits per heavy atom. The minimum absolute atomic E-state index is 0.0631. The lowest BCUT2D eigenvalue weighted by Gasteiger charge is -2.05. The van der Waals surface area contributed by atoms with Gasteiger partial charge in [-0.1, -0.05) is 98.7 Å². The molecule has 0 bridgehead atoms. The number of nitrogens with two attached hydrogens (primary N) is 1. The molecule has 0 fully saturated rings. The summed E-state index contributed by atoms with van der Waals surface area (Å²) in [5, 5.41) is 23.7. The quantitative estimate of drug-likeness (QED) is 0.0733. The van der Waals surface area contributed by atoms with Gasteiger partial charge in [-0.05, 0) is 48.2 Å². The van der Waals surface area contributed by atoms with Crippen LogP contribution >= 0.6 is 62.3 Å². The van der Waals surface area contributed by atoms with Crippen LogP contribution in [0, 0.1) is 20.2 Å². The van der Waals surface area contributed by atoms with Crippen LogP contribution in [-0.4, -0.2) is 26.7 Å². The summed E-state index contributed by atoms with van der Waals surface area (Å²) in [5.74, 6) is -0.280. The number of nitro benzene ring substituents is 2. The second kappa shape index (κ2) is 19.2. The highest BCUT2D eigenvalue weighted by Gasteiger charge is 2.12. The number of alkyl halides is 1. The molecular formula is C31H26BrCl4N3O6. The molecule has 0 radical (unpaired) electrons. The standard InChI is InChI=1S/C16H13Cl2NO3.C8H6BrNO3.C7H7Cl2N/c17-13-8-7-11(15(18)10-13)3-2-6-16(20)12-4-1-5-14(9-12)19(21)22;9-5-8(11)6-2-1-3-7(4-6)10(12)13;8-6-2-1-5(4-10)7(9)3-6/h1,4-5,7-10H,2-3,6H2;1-4H,5H2;1-3H,4,10H2. The van der Waals surface area contributed by atoms with E-state index in [1.807, 2.05) is 12.1 Å². The van der Waals surface area contributed by atoms with E-state index < -0.39 is 9.85 Å². The predicted octanol–water partition coefficient (Wildman–Crippen LogP) is 9.73. The highest BCUT2D eigenvalue weighted by atomic mass is 79.9. The monoisotopic (exact) mass is 755 g/mol. The molecule has 0 amide bonds. The second-order valence-electron chi connectivity index (χ2n) is 9.12. The first-order chi connectivity index (χ1) is 21.4. The third-order valence-corrected chi connectivity index (χ3v) is 7.66. The highest BCUT2D eigenvalue weighted by Crippen LogP contribution is 2.23. The SMILES string of the molecule is NCc1ccc(Cl)cc1Cl.O=C(CBr)c1cccc([N+](=O)[O-])c1.O=C(CCCc1ccc(Cl)cc1Cl)c1cccc([N+](=O)[O-])c1. The number of rotatable bonds is 10. The topological polar surface area (TPSA) is 146 Å². The van der Waals surface area contributed by atoms with Crippen molar-refractivity contribution in [2.75, 3.05) is 5.33 Å². The lowest BCUT2D eigenvalue weighted by molar-refractivity contribution is -0.385. The molecule has 0 aliphatic rings. The van der Waals surface area contributed by atoms with Crippen LogP contribution in [0.1, 0.15) is 44.7 Å². The van der Waals surface area contributed by atoms with Crippen molar-refractivity contribution < 1.29 is 19.4 Å². The first kappa shape index (κ1) is 37.8. The summed E-state index contributed by atoms with van der Waals surface area (Å²) in [6.45, 7) is 0.454. The smallest absolute Gasteiger partial charge is 0.270 e. The van der Waals surface area contributed by atoms with Gasteiger partial charge in [0.15, 0.2) is 11.6 Å². The molecule has 0 spiro atoms. The zero-order chi connectivity index (χ0) is 33.5. The zero-order valence-electron chi connectivity index (χ0n) is 23.4. The molecule has 2 N–H and O–H groups in total. The van der Waals surface area contributed by atoms with Gasteiger partial charge in [-0.3, -0.25) is 29.8 Å². The number of benzene rings is 4. The van der Waals surface area contributed by atoms with Crippen LogP contribution < -0.4 is 5.73 Å². The number of halogens is 5. The number of nitro groups is 2. The molecule has 0 aliphatic heterocycles. The van der Waals surface area contributed by atoms with Gasteiger partial charge in [-0.2, -0.15) is 0 Å². The molecule has 0 aliphatic carbocycles. The minimum atomic E-state index is -0.523. The Labute approximate surface area is 287 Å². The molecular weight excluding hydrogens is 732 g/mol. The van der Waals surface area contributed by atoms with Crippen LogP contribution in [-0.2, 0) is 13.0 Å². The fourth-order valence-corrected chi connectivity index (χ4v) is 4.97. The number of aryl methyl sites for hydroxylation is 1. The average Bonchev–Trinajstić information content (AvgIpc) is 3.02. The molecule has 236 valence electrons. The van der Waals surface area contributed by atoms with E-state index in [4.69, 9.17) is 52.1 Å². The third-order valence-electron chi connectivity index (χ3n) is 5.98. The van der Waals surface area contributed by atoms with Gasteiger partial charge < -0.3 is 5.73 Å². The van der Waals surface area contributed by atoms with Crippen molar-refractivity contribution in [1.82, 2.24) is 0 Å². The van der Waals surface area contributed by atoms with E-state index in [-0.39, 0.29) is 28.3 Å². The number of carbonyl (C=O) groups excluding carboxylic acids is 2. The maximum Gasteiger partial charge on any atom is 0.270 e. The molecule has 4 aromatic carbocycles. The summed E-state index contributed by atoms with van der Waals surface area (Å²) in [6.07, 6.45) is 1.57. The summed E-state index contributed by atoms with van der Waals surface area (Å²) in [4.78, 5) is 43.2. The van der Waals surface area contributed by atoms with Crippen molar-refractivity contribution in [2.45, 2.75) is 25.8 Å².